The van der Waals surface area contributed by atoms with Crippen LogP contribution in [0.25, 0.3) is 0 Å². The fourth-order valence-electron chi connectivity index (χ4n) is 2.75. The summed E-state index contributed by atoms with van der Waals surface area (Å²) < 4.78 is 0. The van der Waals surface area contributed by atoms with Gasteiger partial charge in [0.2, 0.25) is 0 Å². The van der Waals surface area contributed by atoms with E-state index in [1.54, 1.807) is 6.07 Å². The van der Waals surface area contributed by atoms with Crippen molar-refractivity contribution in [3.8, 4) is 6.07 Å². The minimum absolute atomic E-state index is 0.523. The summed E-state index contributed by atoms with van der Waals surface area (Å²) in [6, 6.07) is 10.3. The Bertz CT molecular complexity index is 453. The first-order valence-electron chi connectivity index (χ1n) is 7.06. The average Bonchev–Trinajstić information content (AvgIpc) is 2.48. The number of nitrogens with one attached hydrogen (secondary N) is 1. The van der Waals surface area contributed by atoms with Crippen LogP contribution in [-0.4, -0.2) is 12.5 Å². The summed E-state index contributed by atoms with van der Waals surface area (Å²) in [6.07, 6.45) is 7.50. The molecule has 1 aromatic rings. The quantitative estimate of drug-likeness (QED) is 0.842. The number of nitrogens with zero attached hydrogens (tertiary/aromatic N) is 1. The summed E-state index contributed by atoms with van der Waals surface area (Å²) in [7, 11) is 0. The van der Waals surface area contributed by atoms with E-state index in [4.69, 9.17) is 5.26 Å². The highest BCUT2D eigenvalue weighted by atomic mass is 16.1. The maximum Gasteiger partial charge on any atom is 0.322 e. The summed E-state index contributed by atoms with van der Waals surface area (Å²) in [5.74, 6) is 0.180. The molecule has 1 aliphatic rings. The van der Waals surface area contributed by atoms with Gasteiger partial charge in [-0.3, -0.25) is 4.79 Å². The van der Waals surface area contributed by atoms with E-state index in [9.17, 15) is 4.79 Å². The largest absolute Gasteiger partial charge is 0.343 e. The van der Waals surface area contributed by atoms with Gasteiger partial charge < -0.3 is 5.32 Å². The van der Waals surface area contributed by atoms with Crippen LogP contribution in [0.1, 0.15) is 49.1 Å². The van der Waals surface area contributed by atoms with Crippen LogP contribution < -0.4 is 5.32 Å². The van der Waals surface area contributed by atoms with Crippen molar-refractivity contribution in [2.24, 2.45) is 0 Å². The van der Waals surface area contributed by atoms with Crippen molar-refractivity contribution < 1.29 is 4.79 Å². The molecule has 0 radical (unpaired) electrons. The van der Waals surface area contributed by atoms with E-state index < -0.39 is 5.91 Å². The van der Waals surface area contributed by atoms with E-state index >= 15 is 0 Å². The average molecular weight is 256 g/mol. The first-order valence-corrected chi connectivity index (χ1v) is 7.06. The van der Waals surface area contributed by atoms with Gasteiger partial charge in [-0.2, -0.15) is 5.26 Å². The Kier molecular flexibility index (Phi) is 4.97. The Balaban J connectivity index is 1.84. The number of carbonyl (C=O) groups excluding carboxylic acids is 1. The van der Waals surface area contributed by atoms with E-state index in [0.29, 0.717) is 6.54 Å². The number of carbonyl (C=O) groups is 1. The van der Waals surface area contributed by atoms with E-state index in [1.807, 2.05) is 0 Å². The summed E-state index contributed by atoms with van der Waals surface area (Å²) in [6.45, 7) is 0.523. The molecule has 2 rings (SSSR count). The smallest absolute Gasteiger partial charge is 0.322 e. The standard InChI is InChI=1S/C16H20N2O/c17-12-16(19)18-11-10-13-6-8-15(9-7-13)14-4-2-1-3-5-14/h6-9,14H,1-5,10-11H2,(H,18,19). The van der Waals surface area contributed by atoms with Crippen LogP contribution in [-0.2, 0) is 11.2 Å². The molecule has 1 amide bonds. The number of amides is 1. The molecule has 1 saturated carbocycles. The highest BCUT2D eigenvalue weighted by molar-refractivity contribution is 5.91. The van der Waals surface area contributed by atoms with Crippen LogP contribution in [0, 0.1) is 11.3 Å². The summed E-state index contributed by atoms with van der Waals surface area (Å²) in [4.78, 5) is 10.8. The van der Waals surface area contributed by atoms with Gasteiger partial charge in [-0.25, -0.2) is 0 Å². The second-order valence-electron chi connectivity index (χ2n) is 5.19. The zero-order chi connectivity index (χ0) is 13.5. The molecule has 1 aliphatic carbocycles. The van der Waals surface area contributed by atoms with E-state index in [2.05, 4.69) is 29.6 Å². The molecule has 3 heteroatoms. The van der Waals surface area contributed by atoms with E-state index in [-0.39, 0.29) is 0 Å². The fourth-order valence-corrected chi connectivity index (χ4v) is 2.75. The molecule has 19 heavy (non-hydrogen) atoms. The van der Waals surface area contributed by atoms with Crippen molar-refractivity contribution >= 4 is 5.91 Å². The maximum atomic E-state index is 10.8. The number of benzene rings is 1. The van der Waals surface area contributed by atoms with Crippen LogP contribution in [0.5, 0.6) is 0 Å². The topological polar surface area (TPSA) is 52.9 Å². The molecule has 0 bridgehead atoms. The van der Waals surface area contributed by atoms with E-state index in [1.165, 1.54) is 43.2 Å². The summed E-state index contributed by atoms with van der Waals surface area (Å²) >= 11 is 0. The second-order valence-corrected chi connectivity index (χ2v) is 5.19. The molecule has 0 aliphatic heterocycles. The van der Waals surface area contributed by atoms with Gasteiger partial charge in [0.25, 0.3) is 0 Å². The van der Waals surface area contributed by atoms with Crippen molar-refractivity contribution in [3.05, 3.63) is 35.4 Å². The number of nitriles is 1. The molecular formula is C16H20N2O. The zero-order valence-electron chi connectivity index (χ0n) is 11.2. The van der Waals surface area contributed by atoms with Crippen LogP contribution in [0.3, 0.4) is 0 Å². The van der Waals surface area contributed by atoms with Gasteiger partial charge >= 0.3 is 5.91 Å². The minimum atomic E-state index is -0.557. The minimum Gasteiger partial charge on any atom is -0.343 e. The van der Waals surface area contributed by atoms with Gasteiger partial charge in [0.15, 0.2) is 6.07 Å². The first kappa shape index (κ1) is 13.6. The number of hydrogen-bond donors (Lipinski definition) is 1. The molecule has 1 N–H and O–H groups in total. The van der Waals surface area contributed by atoms with E-state index in [0.717, 1.165) is 12.3 Å². The third-order valence-electron chi connectivity index (χ3n) is 3.86. The SMILES string of the molecule is N#CC(=O)NCCc1ccc(C2CCCCC2)cc1. The lowest BCUT2D eigenvalue weighted by atomic mass is 9.84. The summed E-state index contributed by atoms with van der Waals surface area (Å²) in [5.41, 5.74) is 2.65. The maximum absolute atomic E-state index is 10.8. The van der Waals surface area contributed by atoms with Gasteiger partial charge in [-0.05, 0) is 36.3 Å². The molecule has 0 aromatic heterocycles. The molecule has 0 atom stereocenters. The molecule has 0 heterocycles. The van der Waals surface area contributed by atoms with Gasteiger partial charge in [-0.1, -0.05) is 43.5 Å². The van der Waals surface area contributed by atoms with Crippen molar-refractivity contribution in [2.75, 3.05) is 6.54 Å². The number of rotatable bonds is 4. The predicted octanol–water partition coefficient (Wildman–Crippen LogP) is 2.92. The monoisotopic (exact) mass is 256 g/mol. The lowest BCUT2D eigenvalue weighted by Gasteiger charge is -2.22. The Hall–Kier alpha value is -1.82. The Morgan fingerprint density at radius 3 is 2.53 bits per heavy atom. The molecular weight excluding hydrogens is 236 g/mol. The Morgan fingerprint density at radius 2 is 1.89 bits per heavy atom. The van der Waals surface area contributed by atoms with Crippen molar-refractivity contribution in [2.45, 2.75) is 44.4 Å². The Labute approximate surface area is 114 Å². The Morgan fingerprint density at radius 1 is 1.21 bits per heavy atom. The highest BCUT2D eigenvalue weighted by Gasteiger charge is 2.14. The lowest BCUT2D eigenvalue weighted by molar-refractivity contribution is -0.115. The third kappa shape index (κ3) is 4.10. The van der Waals surface area contributed by atoms with Crippen LogP contribution in [0.2, 0.25) is 0 Å². The van der Waals surface area contributed by atoms with Crippen molar-refractivity contribution in [1.82, 2.24) is 5.32 Å². The lowest BCUT2D eigenvalue weighted by Crippen LogP contribution is -2.23. The van der Waals surface area contributed by atoms with Crippen molar-refractivity contribution in [1.29, 1.82) is 5.26 Å². The van der Waals surface area contributed by atoms with Gasteiger partial charge in [0.05, 0.1) is 0 Å². The fraction of sp³-hybridized carbons (Fsp3) is 0.500. The zero-order valence-corrected chi connectivity index (χ0v) is 11.2. The van der Waals surface area contributed by atoms with Gasteiger partial charge in [0.1, 0.15) is 0 Å². The normalized spacial score (nSPS) is 15.7. The molecule has 0 unspecified atom stereocenters. The van der Waals surface area contributed by atoms with Gasteiger partial charge in [-0.15, -0.1) is 0 Å². The van der Waals surface area contributed by atoms with Gasteiger partial charge in [0, 0.05) is 6.54 Å². The van der Waals surface area contributed by atoms with Crippen LogP contribution in [0.15, 0.2) is 24.3 Å². The van der Waals surface area contributed by atoms with Crippen molar-refractivity contribution in [3.63, 3.8) is 0 Å². The highest BCUT2D eigenvalue weighted by Crippen LogP contribution is 2.32. The second kappa shape index (κ2) is 6.94. The number of hydrogen-bond acceptors (Lipinski definition) is 2. The molecule has 3 nitrogen and oxygen atoms in total. The molecule has 1 aromatic carbocycles. The predicted molar refractivity (Wildman–Crippen MR) is 74.6 cm³/mol. The van der Waals surface area contributed by atoms with Crippen LogP contribution >= 0.6 is 0 Å². The summed E-state index contributed by atoms with van der Waals surface area (Å²) in [5, 5.41) is 10.9. The van der Waals surface area contributed by atoms with Crippen LogP contribution in [0.4, 0.5) is 0 Å². The first-order chi connectivity index (χ1) is 9.29. The molecule has 0 saturated heterocycles. The molecule has 0 spiro atoms. The molecule has 1 fully saturated rings. The third-order valence-corrected chi connectivity index (χ3v) is 3.86. The molecule has 100 valence electrons.